The fourth-order valence-electron chi connectivity index (χ4n) is 1.57. The molecule has 9 heteroatoms. The van der Waals surface area contributed by atoms with E-state index in [9.17, 15) is 9.90 Å². The normalized spacial score (nSPS) is 31.1. The first-order valence-corrected chi connectivity index (χ1v) is 6.28. The van der Waals surface area contributed by atoms with Crippen LogP contribution in [-0.4, -0.2) is 29.4 Å². The minimum absolute atomic E-state index is 0.272. The summed E-state index contributed by atoms with van der Waals surface area (Å²) < 4.78 is 5.71. The van der Waals surface area contributed by atoms with Crippen molar-refractivity contribution in [2.75, 3.05) is 7.11 Å². The van der Waals surface area contributed by atoms with E-state index < -0.39 is 17.2 Å². The number of azide groups is 1. The van der Waals surface area contributed by atoms with Crippen LogP contribution in [0.3, 0.4) is 0 Å². The van der Waals surface area contributed by atoms with Crippen molar-refractivity contribution in [3.63, 3.8) is 0 Å². The summed E-state index contributed by atoms with van der Waals surface area (Å²) in [7, 11) is 1.34. The van der Waals surface area contributed by atoms with Gasteiger partial charge in [-0.25, -0.2) is 0 Å². The molecule has 18 heavy (non-hydrogen) atoms. The zero-order valence-electron chi connectivity index (χ0n) is 9.30. The van der Waals surface area contributed by atoms with E-state index in [2.05, 4.69) is 41.9 Å². The van der Waals surface area contributed by atoms with Crippen molar-refractivity contribution in [3.05, 3.63) is 31.6 Å². The minimum Gasteiger partial charge on any atom is -0.381 e. The van der Waals surface area contributed by atoms with Crippen LogP contribution in [0, 0.1) is 0 Å². The maximum atomic E-state index is 10.9. The Morgan fingerprint density at radius 2 is 2.11 bits per heavy atom. The summed E-state index contributed by atoms with van der Waals surface area (Å²) in [4.78, 5) is 13.6. The molecule has 0 unspecified atom stereocenters. The van der Waals surface area contributed by atoms with Gasteiger partial charge in [0.2, 0.25) is 11.6 Å². The number of hydrogen-bond donors (Lipinski definition) is 2. The Labute approximate surface area is 120 Å². The summed E-state index contributed by atoms with van der Waals surface area (Å²) in [5, 5.41) is 13.7. The van der Waals surface area contributed by atoms with Crippen molar-refractivity contribution < 1.29 is 14.6 Å². The number of carbonyl (C=O) groups excluding carboxylic acids is 1. The molecule has 0 atom stereocenters. The molecular formula is C9H10Br2N4O3. The molecule has 1 amide bonds. The highest BCUT2D eigenvalue weighted by Gasteiger charge is 2.43. The summed E-state index contributed by atoms with van der Waals surface area (Å²) in [5.41, 5.74) is 10.7. The van der Waals surface area contributed by atoms with Crippen molar-refractivity contribution in [1.29, 1.82) is 0 Å². The fourth-order valence-corrected chi connectivity index (χ4v) is 3.53. The highest BCUT2D eigenvalue weighted by molar-refractivity contribution is 9.12. The lowest BCUT2D eigenvalue weighted by atomic mass is 9.91. The van der Waals surface area contributed by atoms with Gasteiger partial charge in [-0.3, -0.25) is 4.79 Å². The van der Waals surface area contributed by atoms with Crippen LogP contribution in [0.5, 0.6) is 0 Å². The minimum atomic E-state index is -1.56. The summed E-state index contributed by atoms with van der Waals surface area (Å²) in [5.74, 6) is -0.667. The van der Waals surface area contributed by atoms with Crippen LogP contribution in [0.25, 0.3) is 10.4 Å². The Hall–Kier alpha value is -0.860. The predicted molar refractivity (Wildman–Crippen MR) is 71.7 cm³/mol. The SMILES string of the molecule is COC1(N=[N+]=[N-])C(Br)=CC(O)(CC(N)=O)C=C1Br. The average molecular weight is 382 g/mol. The van der Waals surface area contributed by atoms with E-state index in [0.717, 1.165) is 0 Å². The molecule has 0 aromatic rings. The van der Waals surface area contributed by atoms with Crippen molar-refractivity contribution in [1.82, 2.24) is 0 Å². The first-order chi connectivity index (χ1) is 8.29. The number of carbonyl (C=O) groups is 1. The molecule has 0 bridgehead atoms. The number of nitrogens with two attached hydrogens (primary N) is 1. The van der Waals surface area contributed by atoms with Crippen molar-refractivity contribution in [2.24, 2.45) is 10.8 Å². The molecule has 0 fully saturated rings. The van der Waals surface area contributed by atoms with E-state index in [-0.39, 0.29) is 15.4 Å². The number of methoxy groups -OCH3 is 1. The van der Waals surface area contributed by atoms with Gasteiger partial charge in [0.05, 0.1) is 6.42 Å². The lowest BCUT2D eigenvalue weighted by molar-refractivity contribution is -0.120. The number of aliphatic hydroxyl groups is 1. The maximum absolute atomic E-state index is 10.9. The highest BCUT2D eigenvalue weighted by atomic mass is 79.9. The molecule has 0 aliphatic heterocycles. The third-order valence-corrected chi connectivity index (χ3v) is 3.87. The monoisotopic (exact) mass is 380 g/mol. The highest BCUT2D eigenvalue weighted by Crippen LogP contribution is 2.44. The van der Waals surface area contributed by atoms with Crippen LogP contribution in [0.15, 0.2) is 26.2 Å². The van der Waals surface area contributed by atoms with E-state index in [4.69, 9.17) is 16.0 Å². The van der Waals surface area contributed by atoms with Gasteiger partial charge in [0.15, 0.2) is 0 Å². The summed E-state index contributed by atoms with van der Waals surface area (Å²) in [6.45, 7) is 0. The van der Waals surface area contributed by atoms with Gasteiger partial charge < -0.3 is 15.6 Å². The topological polar surface area (TPSA) is 121 Å². The average Bonchev–Trinajstić information content (AvgIpc) is 2.21. The zero-order chi connectivity index (χ0) is 14.0. The summed E-state index contributed by atoms with van der Waals surface area (Å²) in [6, 6.07) is 0. The molecule has 0 saturated heterocycles. The van der Waals surface area contributed by atoms with Gasteiger partial charge in [-0.15, -0.1) is 0 Å². The van der Waals surface area contributed by atoms with Crippen LogP contribution in [0.2, 0.25) is 0 Å². The number of halogens is 2. The molecule has 0 aromatic heterocycles. The van der Waals surface area contributed by atoms with E-state index in [1.807, 2.05) is 0 Å². The number of amides is 1. The Morgan fingerprint density at radius 1 is 1.61 bits per heavy atom. The molecule has 98 valence electrons. The Bertz CT molecular complexity index is 462. The van der Waals surface area contributed by atoms with Crippen LogP contribution in [0.1, 0.15) is 6.42 Å². The quantitative estimate of drug-likeness (QED) is 0.438. The number of rotatable bonds is 4. The Kier molecular flexibility index (Phi) is 4.57. The zero-order valence-corrected chi connectivity index (χ0v) is 12.5. The number of ether oxygens (including phenoxy) is 1. The van der Waals surface area contributed by atoms with Crippen LogP contribution in [0.4, 0.5) is 0 Å². The number of nitrogens with zero attached hydrogens (tertiary/aromatic N) is 3. The van der Waals surface area contributed by atoms with Gasteiger partial charge in [-0.05, 0) is 22.8 Å². The van der Waals surface area contributed by atoms with Gasteiger partial charge in [0, 0.05) is 21.0 Å². The van der Waals surface area contributed by atoms with Gasteiger partial charge in [-0.2, -0.15) is 0 Å². The third-order valence-electron chi connectivity index (χ3n) is 2.34. The first-order valence-electron chi connectivity index (χ1n) is 4.69. The second kappa shape index (κ2) is 5.41. The number of hydrogen-bond acceptors (Lipinski definition) is 4. The van der Waals surface area contributed by atoms with Crippen LogP contribution in [-0.2, 0) is 9.53 Å². The molecule has 1 rings (SSSR count). The maximum Gasteiger partial charge on any atom is 0.220 e. The van der Waals surface area contributed by atoms with Gasteiger partial charge in [0.25, 0.3) is 0 Å². The van der Waals surface area contributed by atoms with Crippen LogP contribution >= 0.6 is 31.9 Å². The molecular weight excluding hydrogens is 372 g/mol. The summed E-state index contributed by atoms with van der Waals surface area (Å²) >= 11 is 6.33. The van der Waals surface area contributed by atoms with Crippen molar-refractivity contribution in [2.45, 2.75) is 17.7 Å². The molecule has 1 aliphatic carbocycles. The largest absolute Gasteiger partial charge is 0.381 e. The Morgan fingerprint density at radius 3 is 2.44 bits per heavy atom. The smallest absolute Gasteiger partial charge is 0.220 e. The van der Waals surface area contributed by atoms with E-state index >= 15 is 0 Å². The molecule has 0 heterocycles. The lowest BCUT2D eigenvalue weighted by Gasteiger charge is -2.35. The molecule has 1 aliphatic rings. The standard InChI is InChI=1S/C9H10Br2N4O3/c1-18-9(14-15-13)5(10)2-8(17,3-6(9)11)4-7(12)16/h2-3,17H,4H2,1H3,(H2,12,16). The number of primary amides is 1. The second-order valence-electron chi connectivity index (χ2n) is 3.66. The molecule has 7 nitrogen and oxygen atoms in total. The van der Waals surface area contributed by atoms with E-state index in [1.165, 1.54) is 19.3 Å². The molecule has 0 saturated carbocycles. The molecule has 0 radical (unpaired) electrons. The Balaban J connectivity index is 3.29. The third kappa shape index (κ3) is 2.76. The predicted octanol–water partition coefficient (Wildman–Crippen LogP) is 1.82. The van der Waals surface area contributed by atoms with Gasteiger partial charge in [-0.1, -0.05) is 31.9 Å². The first kappa shape index (κ1) is 15.2. The molecule has 3 N–H and O–H groups in total. The second-order valence-corrected chi connectivity index (χ2v) is 5.37. The van der Waals surface area contributed by atoms with E-state index in [1.54, 1.807) is 0 Å². The molecule has 0 spiro atoms. The molecule has 0 aromatic carbocycles. The fraction of sp³-hybridized carbons (Fsp3) is 0.444. The van der Waals surface area contributed by atoms with Crippen molar-refractivity contribution >= 4 is 37.8 Å². The van der Waals surface area contributed by atoms with Gasteiger partial charge >= 0.3 is 0 Å². The summed E-state index contributed by atoms with van der Waals surface area (Å²) in [6.07, 6.45) is 2.31. The van der Waals surface area contributed by atoms with Crippen molar-refractivity contribution in [3.8, 4) is 0 Å². The van der Waals surface area contributed by atoms with Gasteiger partial charge in [0.1, 0.15) is 5.60 Å². The lowest BCUT2D eigenvalue weighted by Crippen LogP contribution is -2.40. The van der Waals surface area contributed by atoms with Crippen LogP contribution < -0.4 is 5.73 Å². The van der Waals surface area contributed by atoms with E-state index in [0.29, 0.717) is 0 Å².